The molecule has 1 unspecified atom stereocenters. The molecule has 7 nitrogen and oxygen atoms in total. The van der Waals surface area contributed by atoms with Crippen molar-refractivity contribution >= 4 is 28.9 Å². The van der Waals surface area contributed by atoms with E-state index in [4.69, 9.17) is 26.4 Å². The van der Waals surface area contributed by atoms with Gasteiger partial charge < -0.3 is 30.2 Å². The average molecular weight is 449 g/mol. The predicted octanol–water partition coefficient (Wildman–Crippen LogP) is 3.42. The average Bonchev–Trinajstić information content (AvgIpc) is 2.74. The Morgan fingerprint density at radius 2 is 1.68 bits per heavy atom. The molecule has 1 atom stereocenters. The number of hydrogen-bond donors (Lipinski definition) is 3. The van der Waals surface area contributed by atoms with Gasteiger partial charge in [-0.3, -0.25) is 4.79 Å². The zero-order valence-electron chi connectivity index (χ0n) is 17.3. The predicted molar refractivity (Wildman–Crippen MR) is 115 cm³/mol. The Morgan fingerprint density at radius 1 is 1.03 bits per heavy atom. The van der Waals surface area contributed by atoms with E-state index in [1.54, 1.807) is 19.1 Å². The lowest BCUT2D eigenvalue weighted by atomic mass is 9.94. The zero-order valence-corrected chi connectivity index (χ0v) is 18.1. The fraction of sp³-hybridized carbons (Fsp3) is 0.238. The van der Waals surface area contributed by atoms with Gasteiger partial charge in [0.2, 0.25) is 5.75 Å². The summed E-state index contributed by atoms with van der Waals surface area (Å²) in [6, 6.07) is 5.85. The maximum Gasteiger partial charge on any atom is 0.255 e. The Hall–Kier alpha value is -3.40. The number of carbonyl (C=O) groups excluding carboxylic acids is 1. The third kappa shape index (κ3) is 4.53. The molecule has 1 amide bonds. The second-order valence-electron chi connectivity index (χ2n) is 6.61. The van der Waals surface area contributed by atoms with Crippen LogP contribution in [0.25, 0.3) is 0 Å². The first kappa shape index (κ1) is 22.3. The summed E-state index contributed by atoms with van der Waals surface area (Å²) in [6.45, 7) is 1.69. The molecule has 1 aliphatic heterocycles. The van der Waals surface area contributed by atoms with Crippen LogP contribution in [0.1, 0.15) is 18.5 Å². The van der Waals surface area contributed by atoms with Gasteiger partial charge in [0.15, 0.2) is 28.2 Å². The summed E-state index contributed by atoms with van der Waals surface area (Å²) in [5.41, 5.74) is 1.53. The minimum Gasteiger partial charge on any atom is -0.493 e. The molecule has 3 N–H and O–H groups in total. The molecule has 0 saturated carbocycles. The van der Waals surface area contributed by atoms with Crippen LogP contribution in [0.2, 0.25) is 0 Å². The molecule has 0 fully saturated rings. The smallest absolute Gasteiger partial charge is 0.255 e. The van der Waals surface area contributed by atoms with Crippen molar-refractivity contribution in [2.24, 2.45) is 0 Å². The van der Waals surface area contributed by atoms with E-state index in [-0.39, 0.29) is 5.69 Å². The summed E-state index contributed by atoms with van der Waals surface area (Å²) >= 11 is 5.27. The Labute approximate surface area is 183 Å². The number of ether oxygens (including phenoxy) is 3. The third-order valence-corrected chi connectivity index (χ3v) is 4.93. The van der Waals surface area contributed by atoms with E-state index in [2.05, 4.69) is 16.0 Å². The molecule has 31 heavy (non-hydrogen) atoms. The Kier molecular flexibility index (Phi) is 6.59. The molecule has 2 aromatic rings. The molecule has 1 heterocycles. The molecule has 0 bridgehead atoms. The van der Waals surface area contributed by atoms with Crippen LogP contribution in [0.5, 0.6) is 17.2 Å². The van der Waals surface area contributed by atoms with Gasteiger partial charge in [0.05, 0.1) is 32.9 Å². The summed E-state index contributed by atoms with van der Waals surface area (Å²) in [7, 11) is 4.46. The number of rotatable bonds is 6. The highest BCUT2D eigenvalue weighted by Gasteiger charge is 2.31. The Morgan fingerprint density at radius 3 is 2.23 bits per heavy atom. The van der Waals surface area contributed by atoms with Gasteiger partial charge in [-0.15, -0.1) is 0 Å². The Balaban J connectivity index is 2.04. The van der Waals surface area contributed by atoms with E-state index >= 15 is 0 Å². The minimum absolute atomic E-state index is 0.112. The van der Waals surface area contributed by atoms with Crippen molar-refractivity contribution in [2.75, 3.05) is 26.6 Å². The lowest BCUT2D eigenvalue weighted by Gasteiger charge is -2.31. The first-order valence-corrected chi connectivity index (χ1v) is 9.54. The fourth-order valence-electron chi connectivity index (χ4n) is 3.29. The van der Waals surface area contributed by atoms with Crippen LogP contribution in [-0.2, 0) is 4.79 Å². The first-order valence-electron chi connectivity index (χ1n) is 9.13. The van der Waals surface area contributed by atoms with Gasteiger partial charge in [-0.2, -0.15) is 0 Å². The highest BCUT2D eigenvalue weighted by Crippen LogP contribution is 2.41. The van der Waals surface area contributed by atoms with Gasteiger partial charge in [-0.25, -0.2) is 8.78 Å². The van der Waals surface area contributed by atoms with Crippen molar-refractivity contribution < 1.29 is 27.8 Å². The van der Waals surface area contributed by atoms with Crippen LogP contribution < -0.4 is 30.2 Å². The zero-order chi connectivity index (χ0) is 22.7. The van der Waals surface area contributed by atoms with Crippen LogP contribution >= 0.6 is 12.2 Å². The molecule has 3 rings (SSSR count). The SMILES string of the molecule is COc1cc(C2NC(=S)NC(C)=C2C(=O)Nc2ccc(F)c(F)c2)cc(OC)c1OC. The van der Waals surface area contributed by atoms with Gasteiger partial charge >= 0.3 is 0 Å². The van der Waals surface area contributed by atoms with Gasteiger partial charge in [0, 0.05) is 17.5 Å². The van der Waals surface area contributed by atoms with Gasteiger partial charge in [0.1, 0.15) is 0 Å². The van der Waals surface area contributed by atoms with Crippen molar-refractivity contribution in [3.8, 4) is 17.2 Å². The van der Waals surface area contributed by atoms with E-state index < -0.39 is 23.6 Å². The quantitative estimate of drug-likeness (QED) is 0.583. The molecule has 0 saturated heterocycles. The molecule has 1 aliphatic rings. The highest BCUT2D eigenvalue weighted by molar-refractivity contribution is 7.80. The largest absolute Gasteiger partial charge is 0.493 e. The second-order valence-corrected chi connectivity index (χ2v) is 7.02. The van der Waals surface area contributed by atoms with Gasteiger partial charge in [-0.05, 0) is 49.0 Å². The third-order valence-electron chi connectivity index (χ3n) is 4.71. The number of benzene rings is 2. The molecule has 10 heteroatoms. The van der Waals surface area contributed by atoms with Crippen molar-refractivity contribution in [1.29, 1.82) is 0 Å². The number of methoxy groups -OCH3 is 3. The fourth-order valence-corrected chi connectivity index (χ4v) is 3.56. The first-order chi connectivity index (χ1) is 14.8. The van der Waals surface area contributed by atoms with Gasteiger partial charge in [0.25, 0.3) is 5.91 Å². The second kappa shape index (κ2) is 9.17. The normalized spacial score (nSPS) is 15.7. The number of allylic oxidation sites excluding steroid dienone is 1. The van der Waals surface area contributed by atoms with Crippen molar-refractivity contribution in [2.45, 2.75) is 13.0 Å². The lowest BCUT2D eigenvalue weighted by Crippen LogP contribution is -2.45. The van der Waals surface area contributed by atoms with Crippen LogP contribution in [0, 0.1) is 11.6 Å². The van der Waals surface area contributed by atoms with Crippen LogP contribution in [0.3, 0.4) is 0 Å². The van der Waals surface area contributed by atoms with E-state index in [0.29, 0.717) is 39.2 Å². The monoisotopic (exact) mass is 449 g/mol. The number of halogens is 2. The molecule has 0 spiro atoms. The van der Waals surface area contributed by atoms with E-state index in [0.717, 1.165) is 12.1 Å². The summed E-state index contributed by atoms with van der Waals surface area (Å²) < 4.78 is 42.9. The molecule has 0 radical (unpaired) electrons. The van der Waals surface area contributed by atoms with E-state index in [1.165, 1.54) is 27.4 Å². The maximum absolute atomic E-state index is 13.6. The minimum atomic E-state index is -1.06. The molecular weight excluding hydrogens is 428 g/mol. The number of anilines is 1. The topological polar surface area (TPSA) is 80.9 Å². The van der Waals surface area contributed by atoms with E-state index in [9.17, 15) is 13.6 Å². The molecule has 2 aromatic carbocycles. The van der Waals surface area contributed by atoms with Crippen molar-refractivity contribution in [3.05, 3.63) is 58.8 Å². The molecule has 0 aromatic heterocycles. The standard InChI is InChI=1S/C21H21F2N3O4S/c1-10-17(20(27)25-12-5-6-13(22)14(23)9-12)18(26-21(31)24-10)11-7-15(28-2)19(30-4)16(8-11)29-3/h5-9,18H,1-4H3,(H,25,27)(H2,24,26,31). The van der Waals surface area contributed by atoms with Crippen molar-refractivity contribution in [1.82, 2.24) is 10.6 Å². The number of thiocarbonyl (C=S) groups is 1. The number of nitrogens with one attached hydrogen (secondary N) is 3. The number of hydrogen-bond acceptors (Lipinski definition) is 5. The lowest BCUT2D eigenvalue weighted by molar-refractivity contribution is -0.113. The summed E-state index contributed by atoms with van der Waals surface area (Å²) in [5, 5.41) is 8.88. The summed E-state index contributed by atoms with van der Waals surface area (Å²) in [6.07, 6.45) is 0. The molecular formula is C21H21F2N3O4S. The number of carbonyl (C=O) groups is 1. The maximum atomic E-state index is 13.6. The van der Waals surface area contributed by atoms with Crippen LogP contribution in [-0.4, -0.2) is 32.3 Å². The highest BCUT2D eigenvalue weighted by atomic mass is 32.1. The summed E-state index contributed by atoms with van der Waals surface area (Å²) in [5.74, 6) is -1.38. The summed E-state index contributed by atoms with van der Waals surface area (Å²) in [4.78, 5) is 13.1. The van der Waals surface area contributed by atoms with Gasteiger partial charge in [-0.1, -0.05) is 0 Å². The molecule has 0 aliphatic carbocycles. The van der Waals surface area contributed by atoms with Crippen LogP contribution in [0.15, 0.2) is 41.6 Å². The number of amides is 1. The van der Waals surface area contributed by atoms with Crippen molar-refractivity contribution in [3.63, 3.8) is 0 Å². The van der Waals surface area contributed by atoms with Crippen LogP contribution in [0.4, 0.5) is 14.5 Å². The molecule has 164 valence electrons. The Bertz CT molecular complexity index is 1050. The van der Waals surface area contributed by atoms with E-state index in [1.807, 2.05) is 0 Å².